The van der Waals surface area contributed by atoms with Crippen molar-refractivity contribution in [1.82, 2.24) is 0 Å². The number of carbonyl (C=O) groups is 1. The standard InChI is InChI=1S/C14H21BrO/c1-9-5-11-7-13(3,4)12(16)8-14(11,15)6-10(9)2/h11H,5-8H2,1-4H3/t11-,14-/m0/s1. The van der Waals surface area contributed by atoms with Crippen LogP contribution in [-0.4, -0.2) is 10.1 Å². The van der Waals surface area contributed by atoms with Gasteiger partial charge in [0.05, 0.1) is 0 Å². The number of Topliss-reactive ketones (excluding diaryl/α,β-unsaturated/α-hetero) is 1. The molecule has 1 fully saturated rings. The van der Waals surface area contributed by atoms with E-state index in [-0.39, 0.29) is 9.74 Å². The first-order valence-corrected chi connectivity index (χ1v) is 6.91. The van der Waals surface area contributed by atoms with Crippen molar-refractivity contribution >= 4 is 21.7 Å². The number of rotatable bonds is 0. The third-order valence-corrected chi connectivity index (χ3v) is 5.75. The summed E-state index contributed by atoms with van der Waals surface area (Å²) in [4.78, 5) is 12.1. The largest absolute Gasteiger partial charge is 0.299 e. The molecule has 2 rings (SSSR count). The molecule has 1 saturated carbocycles. The van der Waals surface area contributed by atoms with E-state index in [1.807, 2.05) is 0 Å². The molecule has 2 aliphatic carbocycles. The molecule has 0 aromatic heterocycles. The maximum absolute atomic E-state index is 12.1. The van der Waals surface area contributed by atoms with E-state index >= 15 is 0 Å². The molecule has 2 atom stereocenters. The quantitative estimate of drug-likeness (QED) is 0.480. The number of hydrogen-bond donors (Lipinski definition) is 0. The second-order valence-electron chi connectivity index (χ2n) is 6.36. The van der Waals surface area contributed by atoms with Crippen molar-refractivity contribution in [2.75, 3.05) is 0 Å². The van der Waals surface area contributed by atoms with Crippen molar-refractivity contribution in [2.24, 2.45) is 11.3 Å². The predicted molar refractivity (Wildman–Crippen MR) is 70.8 cm³/mol. The van der Waals surface area contributed by atoms with Crippen molar-refractivity contribution in [3.05, 3.63) is 11.1 Å². The van der Waals surface area contributed by atoms with Gasteiger partial charge in [-0.2, -0.15) is 0 Å². The van der Waals surface area contributed by atoms with Crippen LogP contribution in [0.15, 0.2) is 11.1 Å². The third kappa shape index (κ3) is 1.90. The van der Waals surface area contributed by atoms with Crippen molar-refractivity contribution in [3.63, 3.8) is 0 Å². The Morgan fingerprint density at radius 1 is 1.19 bits per heavy atom. The normalized spacial score (nSPS) is 38.6. The first-order valence-electron chi connectivity index (χ1n) is 6.12. The van der Waals surface area contributed by atoms with Gasteiger partial charge in [0, 0.05) is 16.2 Å². The average Bonchev–Trinajstić information content (AvgIpc) is 2.12. The fourth-order valence-corrected chi connectivity index (χ4v) is 4.16. The van der Waals surface area contributed by atoms with Gasteiger partial charge in [-0.25, -0.2) is 0 Å². The van der Waals surface area contributed by atoms with Crippen LogP contribution in [0.4, 0.5) is 0 Å². The summed E-state index contributed by atoms with van der Waals surface area (Å²) in [7, 11) is 0. The highest BCUT2D eigenvalue weighted by molar-refractivity contribution is 9.10. The van der Waals surface area contributed by atoms with Gasteiger partial charge in [-0.1, -0.05) is 40.9 Å². The van der Waals surface area contributed by atoms with Crippen LogP contribution in [-0.2, 0) is 4.79 Å². The first kappa shape index (κ1) is 12.3. The molecule has 0 unspecified atom stereocenters. The highest BCUT2D eigenvalue weighted by Gasteiger charge is 2.50. The molecular weight excluding hydrogens is 264 g/mol. The summed E-state index contributed by atoms with van der Waals surface area (Å²) in [6.45, 7) is 8.65. The smallest absolute Gasteiger partial charge is 0.139 e. The number of alkyl halides is 1. The fraction of sp³-hybridized carbons (Fsp3) is 0.786. The molecule has 16 heavy (non-hydrogen) atoms. The molecule has 1 nitrogen and oxygen atoms in total. The van der Waals surface area contributed by atoms with Crippen LogP contribution in [0.2, 0.25) is 0 Å². The van der Waals surface area contributed by atoms with Gasteiger partial charge < -0.3 is 0 Å². The van der Waals surface area contributed by atoms with E-state index in [0.29, 0.717) is 18.1 Å². The van der Waals surface area contributed by atoms with E-state index in [4.69, 9.17) is 0 Å². The number of carbonyl (C=O) groups excluding carboxylic acids is 1. The number of hydrogen-bond acceptors (Lipinski definition) is 1. The predicted octanol–water partition coefficient (Wildman–Crippen LogP) is 4.26. The Morgan fingerprint density at radius 3 is 2.44 bits per heavy atom. The lowest BCUT2D eigenvalue weighted by Gasteiger charge is -2.48. The summed E-state index contributed by atoms with van der Waals surface area (Å²) in [5.74, 6) is 1.05. The molecule has 0 N–H and O–H groups in total. The molecule has 0 bridgehead atoms. The minimum absolute atomic E-state index is 0.0587. The van der Waals surface area contributed by atoms with Gasteiger partial charge in [0.2, 0.25) is 0 Å². The molecule has 0 spiro atoms. The Morgan fingerprint density at radius 2 is 1.81 bits per heavy atom. The van der Waals surface area contributed by atoms with E-state index in [2.05, 4.69) is 43.6 Å². The SMILES string of the molecule is CC1=C(C)C[C@]2(Br)CC(=O)C(C)(C)C[C@@H]2C1. The molecule has 2 aliphatic rings. The van der Waals surface area contributed by atoms with E-state index < -0.39 is 0 Å². The van der Waals surface area contributed by atoms with E-state index in [0.717, 1.165) is 19.3 Å². The lowest BCUT2D eigenvalue weighted by atomic mass is 9.61. The summed E-state index contributed by atoms with van der Waals surface area (Å²) in [6, 6.07) is 0. The Bertz CT molecular complexity index is 367. The lowest BCUT2D eigenvalue weighted by Crippen LogP contribution is -2.48. The Kier molecular flexibility index (Phi) is 2.85. The minimum Gasteiger partial charge on any atom is -0.299 e. The third-order valence-electron chi connectivity index (χ3n) is 4.54. The summed E-state index contributed by atoms with van der Waals surface area (Å²) >= 11 is 3.88. The zero-order valence-corrected chi connectivity index (χ0v) is 12.3. The topological polar surface area (TPSA) is 17.1 Å². The second-order valence-corrected chi connectivity index (χ2v) is 7.94. The zero-order chi connectivity index (χ0) is 12.1. The van der Waals surface area contributed by atoms with Crippen molar-refractivity contribution < 1.29 is 4.79 Å². The van der Waals surface area contributed by atoms with Crippen molar-refractivity contribution in [2.45, 2.75) is 57.7 Å². The van der Waals surface area contributed by atoms with Crippen molar-refractivity contribution in [1.29, 1.82) is 0 Å². The fourth-order valence-electron chi connectivity index (χ4n) is 3.16. The summed E-state index contributed by atoms with van der Waals surface area (Å²) in [5.41, 5.74) is 2.89. The number of ketones is 1. The summed E-state index contributed by atoms with van der Waals surface area (Å²) in [5, 5.41) is 0. The van der Waals surface area contributed by atoms with Gasteiger partial charge in [0.25, 0.3) is 0 Å². The first-order chi connectivity index (χ1) is 7.24. The lowest BCUT2D eigenvalue weighted by molar-refractivity contribution is -0.132. The Balaban J connectivity index is 2.32. The van der Waals surface area contributed by atoms with Gasteiger partial charge in [0.1, 0.15) is 5.78 Å². The van der Waals surface area contributed by atoms with E-state index in [1.54, 1.807) is 0 Å². The van der Waals surface area contributed by atoms with E-state index in [9.17, 15) is 4.79 Å². The second kappa shape index (κ2) is 3.69. The molecule has 0 aromatic rings. The zero-order valence-electron chi connectivity index (χ0n) is 10.7. The minimum atomic E-state index is -0.118. The monoisotopic (exact) mass is 284 g/mol. The Labute approximate surface area is 107 Å². The molecule has 0 heterocycles. The van der Waals surface area contributed by atoms with Gasteiger partial charge in [-0.05, 0) is 39.0 Å². The molecular formula is C14H21BrO. The van der Waals surface area contributed by atoms with Crippen LogP contribution in [0.25, 0.3) is 0 Å². The Hall–Kier alpha value is -0.110. The molecule has 0 radical (unpaired) electrons. The number of allylic oxidation sites excluding steroid dienone is 2. The van der Waals surface area contributed by atoms with Crippen LogP contribution in [0.1, 0.15) is 53.4 Å². The van der Waals surface area contributed by atoms with Crippen LogP contribution in [0, 0.1) is 11.3 Å². The molecule has 0 aromatic carbocycles. The van der Waals surface area contributed by atoms with Crippen molar-refractivity contribution in [3.8, 4) is 0 Å². The van der Waals surface area contributed by atoms with Crippen LogP contribution in [0.3, 0.4) is 0 Å². The molecule has 90 valence electrons. The summed E-state index contributed by atoms with van der Waals surface area (Å²) < 4.78 is 0.0587. The van der Waals surface area contributed by atoms with Crippen LogP contribution >= 0.6 is 15.9 Å². The average molecular weight is 285 g/mol. The van der Waals surface area contributed by atoms with Crippen LogP contribution in [0.5, 0.6) is 0 Å². The number of halogens is 1. The van der Waals surface area contributed by atoms with Gasteiger partial charge in [-0.15, -0.1) is 0 Å². The van der Waals surface area contributed by atoms with E-state index in [1.165, 1.54) is 11.1 Å². The summed E-state index contributed by atoms with van der Waals surface area (Å²) in [6.07, 6.45) is 3.94. The number of fused-ring (bicyclic) bond motifs is 1. The molecule has 0 amide bonds. The van der Waals surface area contributed by atoms with Gasteiger partial charge in [-0.3, -0.25) is 4.79 Å². The highest BCUT2D eigenvalue weighted by atomic mass is 79.9. The molecule has 0 saturated heterocycles. The molecule has 2 heteroatoms. The highest BCUT2D eigenvalue weighted by Crippen LogP contribution is 2.54. The maximum atomic E-state index is 12.1. The maximum Gasteiger partial charge on any atom is 0.139 e. The van der Waals surface area contributed by atoms with Gasteiger partial charge in [0.15, 0.2) is 0 Å². The molecule has 0 aliphatic heterocycles. The van der Waals surface area contributed by atoms with Crippen LogP contribution < -0.4 is 0 Å². The van der Waals surface area contributed by atoms with Gasteiger partial charge >= 0.3 is 0 Å².